The van der Waals surface area contributed by atoms with Crippen molar-refractivity contribution in [2.75, 3.05) is 0 Å². The van der Waals surface area contributed by atoms with Crippen molar-refractivity contribution in [2.45, 2.75) is 52.4 Å². The SMILES string of the molecule is CCCCc1cccc(OP(O)Oc2cccc(CCCC)c2)c1. The molecule has 0 fully saturated rings. The maximum Gasteiger partial charge on any atom is 0.460 e. The van der Waals surface area contributed by atoms with E-state index in [1.807, 2.05) is 36.4 Å². The average Bonchev–Trinajstić information content (AvgIpc) is 2.58. The molecule has 2 aromatic carbocycles. The van der Waals surface area contributed by atoms with E-state index in [1.165, 1.54) is 11.1 Å². The summed E-state index contributed by atoms with van der Waals surface area (Å²) in [6.45, 7) is 4.35. The van der Waals surface area contributed by atoms with Crippen LogP contribution in [0.1, 0.15) is 50.7 Å². The normalized spacial score (nSPS) is 10.8. The Morgan fingerprint density at radius 2 is 1.25 bits per heavy atom. The van der Waals surface area contributed by atoms with Crippen LogP contribution in [-0.2, 0) is 12.8 Å². The fourth-order valence-electron chi connectivity index (χ4n) is 2.48. The first-order valence-corrected chi connectivity index (χ1v) is 9.87. The zero-order chi connectivity index (χ0) is 17.2. The van der Waals surface area contributed by atoms with E-state index in [4.69, 9.17) is 9.05 Å². The lowest BCUT2D eigenvalue weighted by Gasteiger charge is -2.13. The van der Waals surface area contributed by atoms with Gasteiger partial charge in [0.2, 0.25) is 0 Å². The molecule has 0 aliphatic heterocycles. The monoisotopic (exact) mass is 346 g/mol. The van der Waals surface area contributed by atoms with Gasteiger partial charge in [0, 0.05) is 0 Å². The van der Waals surface area contributed by atoms with Crippen LogP contribution in [0.2, 0.25) is 0 Å². The van der Waals surface area contributed by atoms with Gasteiger partial charge < -0.3 is 13.9 Å². The molecule has 0 aliphatic carbocycles. The molecule has 0 aliphatic rings. The Kier molecular flexibility index (Phi) is 8.07. The zero-order valence-corrected chi connectivity index (χ0v) is 15.5. The van der Waals surface area contributed by atoms with Gasteiger partial charge >= 0.3 is 8.60 Å². The molecule has 1 N–H and O–H groups in total. The van der Waals surface area contributed by atoms with Crippen molar-refractivity contribution in [3.63, 3.8) is 0 Å². The highest BCUT2D eigenvalue weighted by atomic mass is 31.2. The van der Waals surface area contributed by atoms with Crippen molar-refractivity contribution in [3.8, 4) is 11.5 Å². The summed E-state index contributed by atoms with van der Waals surface area (Å²) in [6.07, 6.45) is 6.68. The van der Waals surface area contributed by atoms with Gasteiger partial charge in [-0.3, -0.25) is 0 Å². The van der Waals surface area contributed by atoms with Crippen LogP contribution >= 0.6 is 8.60 Å². The van der Waals surface area contributed by atoms with Gasteiger partial charge in [0.25, 0.3) is 0 Å². The van der Waals surface area contributed by atoms with Crippen LogP contribution in [-0.4, -0.2) is 4.89 Å². The van der Waals surface area contributed by atoms with Crippen molar-refractivity contribution >= 4 is 8.60 Å². The molecule has 4 heteroatoms. The van der Waals surface area contributed by atoms with Crippen LogP contribution in [0.3, 0.4) is 0 Å². The van der Waals surface area contributed by atoms with Crippen molar-refractivity contribution in [1.29, 1.82) is 0 Å². The number of hydrogen-bond acceptors (Lipinski definition) is 3. The van der Waals surface area contributed by atoms with E-state index in [9.17, 15) is 4.89 Å². The zero-order valence-electron chi connectivity index (χ0n) is 14.6. The topological polar surface area (TPSA) is 38.7 Å². The Hall–Kier alpha value is -1.57. The third kappa shape index (κ3) is 6.51. The fourth-order valence-corrected chi connectivity index (χ4v) is 3.10. The summed E-state index contributed by atoms with van der Waals surface area (Å²) in [6, 6.07) is 15.7. The van der Waals surface area contributed by atoms with Crippen molar-refractivity contribution < 1.29 is 13.9 Å². The predicted octanol–water partition coefficient (Wildman–Crippen LogP) is 6.05. The Bertz CT molecular complexity index is 562. The Labute approximate surface area is 146 Å². The summed E-state index contributed by atoms with van der Waals surface area (Å²) >= 11 is 0. The third-order valence-electron chi connectivity index (χ3n) is 3.80. The number of rotatable bonds is 10. The summed E-state index contributed by atoms with van der Waals surface area (Å²) in [5.74, 6) is 1.30. The molecule has 2 aromatic rings. The van der Waals surface area contributed by atoms with E-state index in [0.717, 1.165) is 38.5 Å². The highest BCUT2D eigenvalue weighted by Gasteiger charge is 2.12. The second-order valence-corrected chi connectivity index (χ2v) is 6.76. The Morgan fingerprint density at radius 1 is 0.792 bits per heavy atom. The van der Waals surface area contributed by atoms with E-state index in [0.29, 0.717) is 11.5 Å². The summed E-state index contributed by atoms with van der Waals surface area (Å²) in [5.41, 5.74) is 2.44. The standard InChI is InChI=1S/C20H27O3P/c1-3-5-9-17-11-7-13-19(15-17)22-24(21)23-20-14-8-12-18(16-20)10-6-4-2/h7-8,11-16,21H,3-6,9-10H2,1-2H3. The summed E-state index contributed by atoms with van der Waals surface area (Å²) in [4.78, 5) is 10.1. The molecule has 0 bridgehead atoms. The van der Waals surface area contributed by atoms with Gasteiger partial charge in [0.15, 0.2) is 0 Å². The molecular formula is C20H27O3P. The van der Waals surface area contributed by atoms with E-state index < -0.39 is 8.60 Å². The molecule has 0 spiro atoms. The van der Waals surface area contributed by atoms with Crippen LogP contribution < -0.4 is 9.05 Å². The average molecular weight is 346 g/mol. The van der Waals surface area contributed by atoms with E-state index in [1.54, 1.807) is 0 Å². The molecule has 0 saturated carbocycles. The summed E-state index contributed by atoms with van der Waals surface area (Å²) in [7, 11) is -1.98. The van der Waals surface area contributed by atoms with E-state index >= 15 is 0 Å². The maximum atomic E-state index is 10.1. The van der Waals surface area contributed by atoms with Gasteiger partial charge in [-0.2, -0.15) is 0 Å². The quantitative estimate of drug-likeness (QED) is 0.532. The molecule has 130 valence electrons. The van der Waals surface area contributed by atoms with Crippen LogP contribution in [0.25, 0.3) is 0 Å². The Morgan fingerprint density at radius 3 is 1.67 bits per heavy atom. The first kappa shape index (κ1) is 18.8. The first-order valence-electron chi connectivity index (χ1n) is 8.74. The van der Waals surface area contributed by atoms with Gasteiger partial charge in [0.1, 0.15) is 11.5 Å². The largest absolute Gasteiger partial charge is 0.460 e. The molecule has 0 unspecified atom stereocenters. The van der Waals surface area contributed by atoms with E-state index in [-0.39, 0.29) is 0 Å². The van der Waals surface area contributed by atoms with Crippen molar-refractivity contribution in [3.05, 3.63) is 59.7 Å². The molecule has 0 amide bonds. The lowest BCUT2D eigenvalue weighted by atomic mass is 10.1. The molecule has 0 atom stereocenters. The lowest BCUT2D eigenvalue weighted by molar-refractivity contribution is 0.381. The maximum absolute atomic E-state index is 10.1. The predicted molar refractivity (Wildman–Crippen MR) is 101 cm³/mol. The summed E-state index contributed by atoms with van der Waals surface area (Å²) < 4.78 is 11.1. The van der Waals surface area contributed by atoms with Crippen LogP contribution in [0, 0.1) is 0 Å². The number of benzene rings is 2. The highest BCUT2D eigenvalue weighted by Crippen LogP contribution is 2.37. The smallest absolute Gasteiger partial charge is 0.418 e. The molecule has 24 heavy (non-hydrogen) atoms. The van der Waals surface area contributed by atoms with Gasteiger partial charge in [-0.15, -0.1) is 0 Å². The van der Waals surface area contributed by atoms with Gasteiger partial charge in [-0.25, -0.2) is 0 Å². The molecule has 0 radical (unpaired) electrons. The second-order valence-electron chi connectivity index (χ2n) is 5.92. The van der Waals surface area contributed by atoms with Crippen LogP contribution in [0.15, 0.2) is 48.5 Å². The first-order chi connectivity index (χ1) is 11.7. The molecule has 2 rings (SSSR count). The number of aryl methyl sites for hydroxylation is 2. The minimum absolute atomic E-state index is 0.652. The minimum Gasteiger partial charge on any atom is -0.418 e. The van der Waals surface area contributed by atoms with E-state index in [2.05, 4.69) is 26.0 Å². The molecule has 0 aromatic heterocycles. The van der Waals surface area contributed by atoms with Gasteiger partial charge in [-0.1, -0.05) is 51.0 Å². The molecule has 3 nitrogen and oxygen atoms in total. The summed E-state index contributed by atoms with van der Waals surface area (Å²) in [5, 5.41) is 0. The highest BCUT2D eigenvalue weighted by molar-refractivity contribution is 7.41. The third-order valence-corrected chi connectivity index (χ3v) is 4.54. The van der Waals surface area contributed by atoms with Crippen molar-refractivity contribution in [1.82, 2.24) is 0 Å². The van der Waals surface area contributed by atoms with Crippen LogP contribution in [0.4, 0.5) is 0 Å². The lowest BCUT2D eigenvalue weighted by Crippen LogP contribution is -1.96. The fraction of sp³-hybridized carbons (Fsp3) is 0.400. The minimum atomic E-state index is -1.98. The second kappa shape index (κ2) is 10.3. The van der Waals surface area contributed by atoms with Crippen LogP contribution in [0.5, 0.6) is 11.5 Å². The van der Waals surface area contributed by atoms with Gasteiger partial charge in [-0.05, 0) is 61.1 Å². The Balaban J connectivity index is 1.92. The molecule has 0 saturated heterocycles. The molecular weight excluding hydrogens is 319 g/mol. The number of hydrogen-bond donors (Lipinski definition) is 1. The molecule has 0 heterocycles. The van der Waals surface area contributed by atoms with Gasteiger partial charge in [0.05, 0.1) is 0 Å². The number of unbranched alkanes of at least 4 members (excludes halogenated alkanes) is 2. The van der Waals surface area contributed by atoms with Crippen molar-refractivity contribution in [2.24, 2.45) is 0 Å².